The molecule has 0 heterocycles. The summed E-state index contributed by atoms with van der Waals surface area (Å²) < 4.78 is 0. The van der Waals surface area contributed by atoms with E-state index in [1.807, 2.05) is 44.2 Å². The molecular weight excluding hydrogens is 588 g/mol. The van der Waals surface area contributed by atoms with Gasteiger partial charge < -0.3 is 44.4 Å². The number of hydrogen-bond acceptors (Lipinski definition) is 8. The number of carbonyl (C=O) groups is 4. The third-order valence-electron chi connectivity index (χ3n) is 7.85. The van der Waals surface area contributed by atoms with Gasteiger partial charge in [-0.3, -0.25) is 24.2 Å². The summed E-state index contributed by atoms with van der Waals surface area (Å²) in [7, 11) is 0. The Bertz CT molecular complexity index is 1320. The number of benzene rings is 2. The fourth-order valence-corrected chi connectivity index (χ4v) is 5.27. The zero-order valence-corrected chi connectivity index (χ0v) is 26.8. The van der Waals surface area contributed by atoms with Crippen LogP contribution < -0.4 is 39.3 Å². The van der Waals surface area contributed by atoms with Crippen molar-refractivity contribution >= 4 is 29.5 Å². The number of guanidine groups is 1. The lowest BCUT2D eigenvalue weighted by molar-refractivity contribution is -0.134. The minimum Gasteiger partial charge on any atom is -0.508 e. The largest absolute Gasteiger partial charge is 0.508 e. The van der Waals surface area contributed by atoms with Crippen molar-refractivity contribution in [2.75, 3.05) is 13.1 Å². The first kappa shape index (κ1) is 37.7. The summed E-state index contributed by atoms with van der Waals surface area (Å²) in [5, 5.41) is 15.6. The number of carbonyl (C=O) groups excluding carboxylic acids is 4. The van der Waals surface area contributed by atoms with Gasteiger partial charge in [0, 0.05) is 25.3 Å². The Hall–Kier alpha value is -4.49. The molecule has 3 amide bonds. The number of amides is 3. The molecule has 2 aromatic rings. The standard InChI is InChI=1S/C33H50N8O5/c1-20-15-24(42)16-21(2)25(20)18-23(19-29(43)26(35)11-8-14-39-33(37)38)31(45)40-27(12-6-7-13-34)32(46)41-28(30(36)44)17-22-9-4-3-5-10-22/h3-5,9-10,15-16,23,26-28,42H,6-8,11-14,17-19,34-35H2,1-2H3,(H2,36,44)(H,40,45)(H,41,46)(H4,37,38,39)/t23-,26-,27+,28?/m1/s1. The minimum absolute atomic E-state index is 0.0523. The highest BCUT2D eigenvalue weighted by atomic mass is 16.3. The number of nitrogens with one attached hydrogen (secondary N) is 2. The van der Waals surface area contributed by atoms with E-state index in [1.54, 1.807) is 12.1 Å². The third-order valence-corrected chi connectivity index (χ3v) is 7.85. The van der Waals surface area contributed by atoms with Gasteiger partial charge >= 0.3 is 0 Å². The maximum Gasteiger partial charge on any atom is 0.243 e. The summed E-state index contributed by atoms with van der Waals surface area (Å²) in [4.78, 5) is 56.8. The molecule has 4 atom stereocenters. The van der Waals surface area contributed by atoms with E-state index >= 15 is 0 Å². The second-order valence-electron chi connectivity index (χ2n) is 11.7. The molecule has 0 spiro atoms. The Balaban J connectivity index is 2.30. The molecular formula is C33H50N8O5. The van der Waals surface area contributed by atoms with Gasteiger partial charge in [0.15, 0.2) is 5.96 Å². The van der Waals surface area contributed by atoms with E-state index in [1.165, 1.54) is 0 Å². The number of aryl methyl sites for hydroxylation is 2. The molecule has 2 rings (SSSR count). The Labute approximate surface area is 270 Å². The van der Waals surface area contributed by atoms with Gasteiger partial charge in [0.05, 0.1) is 6.04 Å². The summed E-state index contributed by atoms with van der Waals surface area (Å²) in [6, 6.07) is 9.45. The van der Waals surface area contributed by atoms with Crippen LogP contribution in [0.1, 0.15) is 60.8 Å². The highest BCUT2D eigenvalue weighted by Crippen LogP contribution is 2.25. The SMILES string of the molecule is Cc1cc(O)cc(C)c1C[C@H](CC(=O)[C@H](N)CCCN=C(N)N)C(=O)N[C@@H](CCCCN)C(=O)NC(Cc1ccccc1)C(N)=O. The lowest BCUT2D eigenvalue weighted by Crippen LogP contribution is -2.54. The van der Waals surface area contributed by atoms with E-state index in [4.69, 9.17) is 28.7 Å². The van der Waals surface area contributed by atoms with Gasteiger partial charge in [0.2, 0.25) is 17.7 Å². The van der Waals surface area contributed by atoms with Gasteiger partial charge in [0.25, 0.3) is 0 Å². The van der Waals surface area contributed by atoms with Crippen LogP contribution in [0, 0.1) is 19.8 Å². The molecule has 13 heteroatoms. The first-order valence-electron chi connectivity index (χ1n) is 15.6. The highest BCUT2D eigenvalue weighted by molar-refractivity contribution is 5.94. The molecule has 0 aliphatic heterocycles. The normalized spacial score (nSPS) is 13.6. The topological polar surface area (TPSA) is 255 Å². The Kier molecular flexibility index (Phi) is 15.7. The number of nitrogens with zero attached hydrogens (tertiary/aromatic N) is 1. The number of unbranched alkanes of at least 4 members (excludes halogenated alkanes) is 1. The van der Waals surface area contributed by atoms with Gasteiger partial charge in [-0.1, -0.05) is 30.3 Å². The Morgan fingerprint density at radius 2 is 1.48 bits per heavy atom. The number of rotatable bonds is 20. The molecule has 0 radical (unpaired) electrons. The quantitative estimate of drug-likeness (QED) is 0.0564. The first-order valence-corrected chi connectivity index (χ1v) is 15.6. The molecule has 1 unspecified atom stereocenters. The number of aromatic hydroxyl groups is 1. The number of ketones is 1. The summed E-state index contributed by atoms with van der Waals surface area (Å²) in [6.45, 7) is 4.34. The number of phenolic OH excluding ortho intramolecular Hbond substituents is 1. The van der Waals surface area contributed by atoms with Crippen LogP contribution in [0.25, 0.3) is 0 Å². The van der Waals surface area contributed by atoms with Crippen LogP contribution >= 0.6 is 0 Å². The fourth-order valence-electron chi connectivity index (χ4n) is 5.27. The molecule has 0 fully saturated rings. The second kappa shape index (κ2) is 19.1. The molecule has 13 N–H and O–H groups in total. The molecule has 46 heavy (non-hydrogen) atoms. The van der Waals surface area contributed by atoms with Crippen LogP contribution in [-0.2, 0) is 32.0 Å². The number of phenols is 1. The number of aliphatic imine (C=N–C) groups is 1. The Morgan fingerprint density at radius 3 is 2.07 bits per heavy atom. The number of Topliss-reactive ketones (excluding diaryl/α,β-unsaturated/α-hetero) is 1. The predicted molar refractivity (Wildman–Crippen MR) is 178 cm³/mol. The third kappa shape index (κ3) is 12.9. The van der Waals surface area contributed by atoms with Crippen molar-refractivity contribution in [3.63, 3.8) is 0 Å². The molecule has 0 saturated carbocycles. The van der Waals surface area contributed by atoms with Crippen LogP contribution in [0.15, 0.2) is 47.5 Å². The Morgan fingerprint density at radius 1 is 0.848 bits per heavy atom. The molecule has 0 aliphatic carbocycles. The smallest absolute Gasteiger partial charge is 0.243 e. The average molecular weight is 639 g/mol. The maximum absolute atomic E-state index is 13.9. The zero-order valence-electron chi connectivity index (χ0n) is 26.8. The maximum atomic E-state index is 13.9. The van der Waals surface area contributed by atoms with Crippen molar-refractivity contribution in [3.05, 3.63) is 64.7 Å². The van der Waals surface area contributed by atoms with E-state index in [0.29, 0.717) is 38.8 Å². The number of hydrogen-bond donors (Lipinski definition) is 8. The van der Waals surface area contributed by atoms with Crippen molar-refractivity contribution in [3.8, 4) is 5.75 Å². The van der Waals surface area contributed by atoms with Crippen molar-refractivity contribution in [2.45, 2.75) is 83.3 Å². The van der Waals surface area contributed by atoms with E-state index in [0.717, 1.165) is 22.3 Å². The van der Waals surface area contributed by atoms with E-state index in [-0.39, 0.29) is 43.2 Å². The van der Waals surface area contributed by atoms with Gasteiger partial charge in [-0.2, -0.15) is 0 Å². The van der Waals surface area contributed by atoms with Crippen LogP contribution in [-0.4, -0.2) is 65.8 Å². The number of nitrogens with two attached hydrogens (primary N) is 5. The van der Waals surface area contributed by atoms with Crippen molar-refractivity contribution in [1.29, 1.82) is 0 Å². The lowest BCUT2D eigenvalue weighted by atomic mass is 9.87. The molecule has 0 aromatic heterocycles. The van der Waals surface area contributed by atoms with Crippen LogP contribution in [0.2, 0.25) is 0 Å². The first-order chi connectivity index (χ1) is 21.8. The fraction of sp³-hybridized carbons (Fsp3) is 0.485. The number of primary amides is 1. The summed E-state index contributed by atoms with van der Waals surface area (Å²) >= 11 is 0. The summed E-state index contributed by atoms with van der Waals surface area (Å²) in [5.74, 6) is -2.94. The van der Waals surface area contributed by atoms with E-state index in [9.17, 15) is 24.3 Å². The molecule has 0 aliphatic rings. The van der Waals surface area contributed by atoms with Gasteiger partial charge in [-0.15, -0.1) is 0 Å². The highest BCUT2D eigenvalue weighted by Gasteiger charge is 2.31. The molecule has 2 aromatic carbocycles. The van der Waals surface area contributed by atoms with E-state index in [2.05, 4.69) is 15.6 Å². The van der Waals surface area contributed by atoms with Crippen molar-refractivity contribution in [1.82, 2.24) is 10.6 Å². The predicted octanol–water partition coefficient (Wildman–Crippen LogP) is 0.334. The van der Waals surface area contributed by atoms with Crippen molar-refractivity contribution in [2.24, 2.45) is 39.6 Å². The molecule has 0 saturated heterocycles. The van der Waals surface area contributed by atoms with Gasteiger partial charge in [-0.25, -0.2) is 0 Å². The van der Waals surface area contributed by atoms with Gasteiger partial charge in [0.1, 0.15) is 23.6 Å². The summed E-state index contributed by atoms with van der Waals surface area (Å²) in [6.07, 6.45) is 2.39. The van der Waals surface area contributed by atoms with Crippen LogP contribution in [0.3, 0.4) is 0 Å². The van der Waals surface area contributed by atoms with Gasteiger partial charge in [-0.05, 0) is 93.3 Å². The van der Waals surface area contributed by atoms with Crippen LogP contribution in [0.5, 0.6) is 5.75 Å². The molecule has 0 bridgehead atoms. The minimum atomic E-state index is -1.01. The average Bonchev–Trinajstić information content (AvgIpc) is 2.99. The van der Waals surface area contributed by atoms with Crippen LogP contribution in [0.4, 0.5) is 0 Å². The molecule has 13 nitrogen and oxygen atoms in total. The molecule has 252 valence electrons. The zero-order chi connectivity index (χ0) is 34.2. The monoisotopic (exact) mass is 638 g/mol. The van der Waals surface area contributed by atoms with Crippen molar-refractivity contribution < 1.29 is 24.3 Å². The second-order valence-corrected chi connectivity index (χ2v) is 11.7. The lowest BCUT2D eigenvalue weighted by Gasteiger charge is -2.25. The van der Waals surface area contributed by atoms with E-state index < -0.39 is 41.8 Å². The summed E-state index contributed by atoms with van der Waals surface area (Å²) in [5.41, 5.74) is 31.3.